The first-order chi connectivity index (χ1) is 10.6. The molecule has 0 bridgehead atoms. The highest BCUT2D eigenvalue weighted by Gasteiger charge is 2.22. The Balaban J connectivity index is 1.63. The number of nitrogens with zero attached hydrogens (tertiary/aromatic N) is 2. The van der Waals surface area contributed by atoms with Gasteiger partial charge in [0.25, 0.3) is 0 Å². The highest BCUT2D eigenvalue weighted by atomic mass is 35.5. The van der Waals surface area contributed by atoms with E-state index in [0.29, 0.717) is 12.3 Å². The maximum atomic E-state index is 11.7. The number of halogens is 1. The zero-order chi connectivity index (χ0) is 15.5. The van der Waals surface area contributed by atoms with Gasteiger partial charge in [0.15, 0.2) is 0 Å². The molecule has 1 amide bonds. The zero-order valence-corrected chi connectivity index (χ0v) is 13.4. The van der Waals surface area contributed by atoms with Crippen molar-refractivity contribution in [1.82, 2.24) is 15.2 Å². The second kappa shape index (κ2) is 6.63. The minimum absolute atomic E-state index is 0.247. The fraction of sp³-hybridized carbons (Fsp3) is 0.412. The Labute approximate surface area is 135 Å². The van der Waals surface area contributed by atoms with E-state index in [1.54, 1.807) is 6.20 Å². The average Bonchev–Trinajstić information content (AvgIpc) is 2.53. The topological polar surface area (TPSA) is 45.2 Å². The van der Waals surface area contributed by atoms with Gasteiger partial charge in [0, 0.05) is 43.2 Å². The number of hydrogen-bond acceptors (Lipinski definition) is 3. The van der Waals surface area contributed by atoms with Crippen LogP contribution in [0.5, 0.6) is 0 Å². The molecule has 1 atom stereocenters. The first-order valence-corrected chi connectivity index (χ1v) is 7.99. The van der Waals surface area contributed by atoms with Crippen LogP contribution in [0.3, 0.4) is 0 Å². The number of pyridine rings is 1. The lowest BCUT2D eigenvalue weighted by molar-refractivity contribution is -0.133. The SMILES string of the molecule is CN1CCC(CNCc2ccc(Cl)c3cccnc23)CC1=O. The van der Waals surface area contributed by atoms with Gasteiger partial charge in [0.2, 0.25) is 5.91 Å². The van der Waals surface area contributed by atoms with Gasteiger partial charge in [-0.3, -0.25) is 9.78 Å². The molecular weight excluding hydrogens is 298 g/mol. The molecule has 1 aliphatic heterocycles. The molecule has 1 aromatic carbocycles. The maximum Gasteiger partial charge on any atom is 0.222 e. The molecule has 0 aliphatic carbocycles. The average molecular weight is 318 g/mol. The summed E-state index contributed by atoms with van der Waals surface area (Å²) >= 11 is 6.21. The third kappa shape index (κ3) is 3.23. The van der Waals surface area contributed by atoms with E-state index in [0.717, 1.165) is 47.5 Å². The van der Waals surface area contributed by atoms with Gasteiger partial charge in [0.1, 0.15) is 0 Å². The number of hydrogen-bond donors (Lipinski definition) is 1. The van der Waals surface area contributed by atoms with Gasteiger partial charge in [0.05, 0.1) is 5.52 Å². The zero-order valence-electron chi connectivity index (χ0n) is 12.7. The molecule has 116 valence electrons. The first-order valence-electron chi connectivity index (χ1n) is 7.62. The molecule has 2 aromatic rings. The van der Waals surface area contributed by atoms with E-state index >= 15 is 0 Å². The highest BCUT2D eigenvalue weighted by molar-refractivity contribution is 6.35. The van der Waals surface area contributed by atoms with Crippen LogP contribution in [0.25, 0.3) is 10.9 Å². The maximum absolute atomic E-state index is 11.7. The van der Waals surface area contributed by atoms with Crippen molar-refractivity contribution in [3.8, 4) is 0 Å². The summed E-state index contributed by atoms with van der Waals surface area (Å²) in [6.45, 7) is 2.46. The number of carbonyl (C=O) groups is 1. The number of likely N-dealkylation sites (tertiary alicyclic amines) is 1. The van der Waals surface area contributed by atoms with Crippen LogP contribution >= 0.6 is 11.6 Å². The van der Waals surface area contributed by atoms with E-state index in [9.17, 15) is 4.79 Å². The first kappa shape index (κ1) is 15.3. The van der Waals surface area contributed by atoms with Crippen LogP contribution < -0.4 is 5.32 Å². The van der Waals surface area contributed by atoms with Crippen LogP contribution in [-0.2, 0) is 11.3 Å². The standard InChI is InChI=1S/C17H20ClN3O/c1-21-8-6-12(9-16(21)22)10-19-11-13-4-5-15(18)14-3-2-7-20-17(13)14/h2-5,7,12,19H,6,8-11H2,1H3. The molecular formula is C17H20ClN3O. The summed E-state index contributed by atoms with van der Waals surface area (Å²) in [5.41, 5.74) is 2.08. The van der Waals surface area contributed by atoms with Crippen LogP contribution in [0, 0.1) is 5.92 Å². The van der Waals surface area contributed by atoms with E-state index < -0.39 is 0 Å². The Kier molecular flexibility index (Phi) is 4.60. The van der Waals surface area contributed by atoms with E-state index in [1.807, 2.05) is 36.2 Å². The minimum Gasteiger partial charge on any atom is -0.346 e. The number of rotatable bonds is 4. The second-order valence-electron chi connectivity index (χ2n) is 5.91. The summed E-state index contributed by atoms with van der Waals surface area (Å²) in [7, 11) is 1.87. The fourth-order valence-electron chi connectivity index (χ4n) is 2.93. The van der Waals surface area contributed by atoms with Gasteiger partial charge >= 0.3 is 0 Å². The summed E-state index contributed by atoms with van der Waals surface area (Å²) in [6.07, 6.45) is 3.50. The van der Waals surface area contributed by atoms with Crippen LogP contribution in [-0.4, -0.2) is 35.9 Å². The molecule has 1 saturated heterocycles. The summed E-state index contributed by atoms with van der Waals surface area (Å²) < 4.78 is 0. The van der Waals surface area contributed by atoms with Crippen molar-refractivity contribution in [3.05, 3.63) is 41.0 Å². The van der Waals surface area contributed by atoms with Gasteiger partial charge in [-0.05, 0) is 42.6 Å². The number of piperidine rings is 1. The Morgan fingerprint density at radius 2 is 2.27 bits per heavy atom. The number of fused-ring (bicyclic) bond motifs is 1. The number of amides is 1. The molecule has 1 N–H and O–H groups in total. The van der Waals surface area contributed by atoms with Crippen molar-refractivity contribution >= 4 is 28.4 Å². The molecule has 0 radical (unpaired) electrons. The van der Waals surface area contributed by atoms with Crippen molar-refractivity contribution in [2.75, 3.05) is 20.1 Å². The molecule has 1 unspecified atom stereocenters. The minimum atomic E-state index is 0.247. The lowest BCUT2D eigenvalue weighted by atomic mass is 9.96. The molecule has 1 aliphatic rings. The summed E-state index contributed by atoms with van der Waals surface area (Å²) in [5.74, 6) is 0.673. The Hall–Kier alpha value is -1.65. The van der Waals surface area contributed by atoms with Gasteiger partial charge in [-0.2, -0.15) is 0 Å². The molecule has 2 heterocycles. The quantitative estimate of drug-likeness (QED) is 0.943. The molecule has 5 heteroatoms. The lowest BCUT2D eigenvalue weighted by Gasteiger charge is -2.28. The van der Waals surface area contributed by atoms with Crippen molar-refractivity contribution in [1.29, 1.82) is 0 Å². The van der Waals surface area contributed by atoms with E-state index in [4.69, 9.17) is 11.6 Å². The summed E-state index contributed by atoms with van der Waals surface area (Å²) in [5, 5.41) is 5.18. The normalized spacial score (nSPS) is 18.9. The second-order valence-corrected chi connectivity index (χ2v) is 6.32. The monoisotopic (exact) mass is 317 g/mol. The summed E-state index contributed by atoms with van der Waals surface area (Å²) in [4.78, 5) is 18.0. The third-order valence-corrected chi connectivity index (χ3v) is 4.64. The van der Waals surface area contributed by atoms with Crippen LogP contribution in [0.4, 0.5) is 0 Å². The molecule has 4 nitrogen and oxygen atoms in total. The number of carbonyl (C=O) groups excluding carboxylic acids is 1. The van der Waals surface area contributed by atoms with Crippen molar-refractivity contribution in [2.45, 2.75) is 19.4 Å². The molecule has 0 saturated carbocycles. The Morgan fingerprint density at radius 3 is 3.09 bits per heavy atom. The Bertz CT molecular complexity index is 689. The van der Waals surface area contributed by atoms with Crippen LogP contribution in [0.1, 0.15) is 18.4 Å². The predicted molar refractivity (Wildman–Crippen MR) is 88.8 cm³/mol. The molecule has 3 rings (SSSR count). The number of aromatic nitrogens is 1. The van der Waals surface area contributed by atoms with Gasteiger partial charge in [-0.15, -0.1) is 0 Å². The molecule has 0 spiro atoms. The highest BCUT2D eigenvalue weighted by Crippen LogP contribution is 2.24. The van der Waals surface area contributed by atoms with Crippen LogP contribution in [0.2, 0.25) is 5.02 Å². The molecule has 22 heavy (non-hydrogen) atoms. The molecule has 1 aromatic heterocycles. The lowest BCUT2D eigenvalue weighted by Crippen LogP contribution is -2.38. The molecule has 1 fully saturated rings. The van der Waals surface area contributed by atoms with Crippen molar-refractivity contribution in [3.63, 3.8) is 0 Å². The smallest absolute Gasteiger partial charge is 0.222 e. The van der Waals surface area contributed by atoms with Gasteiger partial charge < -0.3 is 10.2 Å². The van der Waals surface area contributed by atoms with E-state index in [2.05, 4.69) is 10.3 Å². The number of nitrogens with one attached hydrogen (secondary N) is 1. The Morgan fingerprint density at radius 1 is 1.41 bits per heavy atom. The van der Waals surface area contributed by atoms with Gasteiger partial charge in [-0.25, -0.2) is 0 Å². The third-order valence-electron chi connectivity index (χ3n) is 4.31. The van der Waals surface area contributed by atoms with Crippen LogP contribution in [0.15, 0.2) is 30.5 Å². The van der Waals surface area contributed by atoms with E-state index in [1.165, 1.54) is 0 Å². The van der Waals surface area contributed by atoms with E-state index in [-0.39, 0.29) is 5.91 Å². The van der Waals surface area contributed by atoms with Crippen molar-refractivity contribution in [2.24, 2.45) is 5.92 Å². The fourth-order valence-corrected chi connectivity index (χ4v) is 3.15. The number of benzene rings is 1. The van der Waals surface area contributed by atoms with Gasteiger partial charge in [-0.1, -0.05) is 17.7 Å². The summed E-state index contributed by atoms with van der Waals surface area (Å²) in [6, 6.07) is 7.82. The predicted octanol–water partition coefficient (Wildman–Crippen LogP) is 2.85. The largest absolute Gasteiger partial charge is 0.346 e. The van der Waals surface area contributed by atoms with Crippen molar-refractivity contribution < 1.29 is 4.79 Å².